The fourth-order valence-corrected chi connectivity index (χ4v) is 1.57. The van der Waals surface area contributed by atoms with Gasteiger partial charge >= 0.3 is 51.4 Å². The van der Waals surface area contributed by atoms with Crippen molar-refractivity contribution in [3.63, 3.8) is 0 Å². The maximum absolute atomic E-state index is 11.7. The molecule has 0 amide bonds. The summed E-state index contributed by atoms with van der Waals surface area (Å²) in [5.41, 5.74) is 1.83. The van der Waals surface area contributed by atoms with Crippen molar-refractivity contribution in [2.75, 3.05) is 0 Å². The molecule has 0 radical (unpaired) electrons. The molecule has 2 N–H and O–H groups in total. The van der Waals surface area contributed by atoms with E-state index in [1.165, 1.54) is 0 Å². The van der Waals surface area contributed by atoms with Gasteiger partial charge in [-0.2, -0.15) is 9.90 Å². The molecule has 7 heteroatoms. The van der Waals surface area contributed by atoms with Crippen LogP contribution in [0.1, 0.15) is 11.1 Å². The molecule has 0 aromatic heterocycles. The summed E-state index contributed by atoms with van der Waals surface area (Å²) in [4.78, 5) is 0. The molecule has 0 fully saturated rings. The number of rotatable bonds is 4. The number of hydrogen-bond acceptors (Lipinski definition) is 1. The van der Waals surface area contributed by atoms with E-state index in [2.05, 4.69) is 28.3 Å². The topological polar surface area (TPSA) is 56.6 Å². The Kier molecular flexibility index (Phi) is 35.1. The van der Waals surface area contributed by atoms with Gasteiger partial charge in [0, 0.05) is 0 Å². The normalized spacial score (nSPS) is 8.68. The van der Waals surface area contributed by atoms with Crippen molar-refractivity contribution >= 4 is 52.8 Å². The van der Waals surface area contributed by atoms with Gasteiger partial charge in [0.05, 0.1) is 0 Å². The summed E-state index contributed by atoms with van der Waals surface area (Å²) in [6, 6.07) is 19.2. The Balaban J connectivity index is -0.000000184. The Hall–Kier alpha value is 0.226. The second kappa shape index (κ2) is 24.2. The second-order valence-corrected chi connectivity index (χ2v) is 3.86. The molecule has 2 aromatic carbocycles. The third kappa shape index (κ3) is 16.1. The minimum absolute atomic E-state index is 0. The molecule has 0 spiro atoms. The van der Waals surface area contributed by atoms with Gasteiger partial charge in [-0.15, -0.1) is 60.2 Å². The summed E-state index contributed by atoms with van der Waals surface area (Å²) in [6.07, 6.45) is 7.18. The van der Waals surface area contributed by atoms with Crippen molar-refractivity contribution in [2.24, 2.45) is 0 Å². The van der Waals surface area contributed by atoms with Crippen molar-refractivity contribution < 1.29 is 36.3 Å². The van der Waals surface area contributed by atoms with Crippen LogP contribution in [0.25, 0.3) is 11.9 Å². The molecule has 0 heterocycles. The molecule has 0 aliphatic carbocycles. The first kappa shape index (κ1) is 36.2. The zero-order valence-electron chi connectivity index (χ0n) is 14.0. The molecule has 1 unspecified atom stereocenters. The summed E-state index contributed by atoms with van der Waals surface area (Å²) >= 11 is 6.50. The van der Waals surface area contributed by atoms with Crippen LogP contribution in [0, 0.1) is 13.8 Å². The van der Waals surface area contributed by atoms with Crippen LogP contribution < -0.4 is 22.1 Å². The Morgan fingerprint density at radius 3 is 1.88 bits per heavy atom. The molecular weight excluding hydrogens is 525 g/mol. The Morgan fingerprint density at radius 1 is 0.960 bits per heavy atom. The molecule has 0 aliphatic heterocycles. The van der Waals surface area contributed by atoms with Crippen molar-refractivity contribution in [1.82, 2.24) is 0 Å². The van der Waals surface area contributed by atoms with Crippen LogP contribution in [0.5, 0.6) is 0 Å². The molecule has 2 rings (SSSR count). The van der Waals surface area contributed by atoms with Gasteiger partial charge in [0.2, 0.25) is 0 Å². The number of benzene rings is 2. The van der Waals surface area contributed by atoms with Gasteiger partial charge in [-0.3, -0.25) is 0 Å². The third-order valence-electron chi connectivity index (χ3n) is 2.51. The van der Waals surface area contributed by atoms with E-state index in [0.29, 0.717) is 5.56 Å². The SMILES string of the molecule is P.[Br-].[CH3-].[Cu][Br].[Mg+2].[NH2-].[O-]/C(=C\C=C\[CH-]c1ccccc1)c1ccccc1. The maximum Gasteiger partial charge on any atom is 2.00 e. The van der Waals surface area contributed by atoms with Gasteiger partial charge in [-0.25, -0.2) is 0 Å². The number of nitrogens with two attached hydrogens (primary N) is 1. The molecule has 2 aromatic rings. The minimum Gasteiger partial charge on any atom is -0.873 e. The molecule has 25 heavy (non-hydrogen) atoms. The summed E-state index contributed by atoms with van der Waals surface area (Å²) in [5.74, 6) is 0.0216. The largest absolute Gasteiger partial charge is 2.00 e. The van der Waals surface area contributed by atoms with E-state index in [4.69, 9.17) is 0 Å². The van der Waals surface area contributed by atoms with Crippen molar-refractivity contribution in [1.29, 1.82) is 0 Å². The first-order chi connectivity index (χ1) is 9.86. The van der Waals surface area contributed by atoms with Gasteiger partial charge in [0.15, 0.2) is 0 Å². The predicted octanol–water partition coefficient (Wildman–Crippen LogP) is 1.89. The molecule has 0 saturated carbocycles. The van der Waals surface area contributed by atoms with Crippen LogP contribution >= 0.6 is 24.0 Å². The van der Waals surface area contributed by atoms with Crippen LogP contribution in [0.2, 0.25) is 0 Å². The number of halogens is 2. The van der Waals surface area contributed by atoms with Crippen LogP contribution in [-0.2, 0) is 14.2 Å². The predicted molar refractivity (Wildman–Crippen MR) is 111 cm³/mol. The van der Waals surface area contributed by atoms with Gasteiger partial charge in [-0.1, -0.05) is 36.4 Å². The van der Waals surface area contributed by atoms with E-state index in [1.807, 2.05) is 73.2 Å². The van der Waals surface area contributed by atoms with Crippen LogP contribution in [-0.4, -0.2) is 23.1 Å². The quantitative estimate of drug-likeness (QED) is 0.190. The van der Waals surface area contributed by atoms with Crippen LogP contribution in [0.3, 0.4) is 0 Å². The smallest absolute Gasteiger partial charge is 0.873 e. The Bertz CT molecular complexity index is 558. The average Bonchev–Trinajstić information content (AvgIpc) is 2.55. The fourth-order valence-electron chi connectivity index (χ4n) is 1.57. The van der Waals surface area contributed by atoms with E-state index < -0.39 is 0 Å². The molecule has 140 valence electrons. The second-order valence-electron chi connectivity index (χ2n) is 3.86. The Labute approximate surface area is 197 Å². The Morgan fingerprint density at radius 2 is 1.40 bits per heavy atom. The molecule has 0 bridgehead atoms. The van der Waals surface area contributed by atoms with E-state index in [-0.39, 0.29) is 69.3 Å². The average molecular weight is 547 g/mol. The van der Waals surface area contributed by atoms with E-state index >= 15 is 0 Å². The fraction of sp³-hybridized carbons (Fsp3) is 0. The summed E-state index contributed by atoms with van der Waals surface area (Å²) in [6.45, 7) is 0. The summed E-state index contributed by atoms with van der Waals surface area (Å²) < 4.78 is 0. The van der Waals surface area contributed by atoms with E-state index in [9.17, 15) is 5.11 Å². The van der Waals surface area contributed by atoms with Gasteiger partial charge in [-0.05, 0) is 5.56 Å². The standard InChI is InChI=1S/C17H15O.CH3.2BrH.Cu.Mg.H2N.H3P/c18-17(16-12-5-2-6-13-16)14-8-7-11-15-9-3-1-4-10-15;;;;;;;/h1-14,18H;1H3;2*1H;;;1H2;1H3/q2*-1;;;+1;+2;-1;/p-3/b8-7+,17-14-;;;;;;;. The molecular formula is C18H22Br2CuMgNOP-3. The van der Waals surface area contributed by atoms with Crippen LogP contribution in [0.4, 0.5) is 0 Å². The monoisotopic (exact) mass is 544 g/mol. The third-order valence-corrected chi connectivity index (χ3v) is 2.51. The van der Waals surface area contributed by atoms with E-state index in [1.54, 1.807) is 12.2 Å². The first-order valence-corrected chi connectivity index (χ1v) is 8.29. The number of allylic oxidation sites excluding steroid dienone is 3. The van der Waals surface area contributed by atoms with Gasteiger partial charge in [0.25, 0.3) is 0 Å². The summed E-state index contributed by atoms with van der Waals surface area (Å²) in [5, 5.41) is 11.7. The van der Waals surface area contributed by atoms with Crippen molar-refractivity contribution in [2.45, 2.75) is 0 Å². The zero-order valence-corrected chi connectivity index (χ0v) is 21.0. The molecule has 0 saturated heterocycles. The van der Waals surface area contributed by atoms with Gasteiger partial charge in [0.1, 0.15) is 0 Å². The molecule has 1 atom stereocenters. The zero-order chi connectivity index (χ0) is 14.6. The molecule has 2 nitrogen and oxygen atoms in total. The first-order valence-electron chi connectivity index (χ1n) is 5.97. The molecule has 0 aliphatic rings. The maximum atomic E-state index is 11.7. The van der Waals surface area contributed by atoms with Crippen molar-refractivity contribution in [3.8, 4) is 0 Å². The van der Waals surface area contributed by atoms with Crippen molar-refractivity contribution in [3.05, 3.63) is 110 Å². The summed E-state index contributed by atoms with van der Waals surface area (Å²) in [7, 11) is 0. The minimum atomic E-state index is 0. The van der Waals surface area contributed by atoms with Gasteiger partial charge < -0.3 is 35.7 Å². The van der Waals surface area contributed by atoms with E-state index in [0.717, 1.165) is 5.56 Å². The van der Waals surface area contributed by atoms with Crippen LogP contribution in [0.15, 0.2) is 78.9 Å². The number of hydrogen-bond donors (Lipinski definition) is 0.